The molecule has 0 saturated heterocycles. The van der Waals surface area contributed by atoms with Crippen molar-refractivity contribution in [2.45, 2.75) is 38.5 Å². The number of fused-ring (bicyclic) bond motifs is 1. The van der Waals surface area contributed by atoms with Crippen LogP contribution < -0.4 is 0 Å². The smallest absolute Gasteiger partial charge is 0.160 e. The monoisotopic (exact) mass is 267 g/mol. The molecular formula is C17H21N3. The second-order valence-electron chi connectivity index (χ2n) is 7.49. The molecular weight excluding hydrogens is 246 g/mol. The first kappa shape index (κ1) is 11.3. The number of hydrogen-bond acceptors (Lipinski definition) is 3. The average molecular weight is 267 g/mol. The Kier molecular flexibility index (Phi) is 2.17. The van der Waals surface area contributed by atoms with E-state index in [2.05, 4.69) is 39.6 Å². The van der Waals surface area contributed by atoms with Crippen LogP contribution in [-0.2, 0) is 0 Å². The Morgan fingerprint density at radius 3 is 2.40 bits per heavy atom. The summed E-state index contributed by atoms with van der Waals surface area (Å²) < 4.78 is 0. The first-order chi connectivity index (χ1) is 9.82. The van der Waals surface area contributed by atoms with E-state index in [4.69, 9.17) is 0 Å². The fraction of sp³-hybridized carbons (Fsp3) is 0.647. The van der Waals surface area contributed by atoms with Gasteiger partial charge in [0.15, 0.2) is 5.82 Å². The molecule has 0 spiro atoms. The maximum atomic E-state index is 4.48. The van der Waals surface area contributed by atoms with Gasteiger partial charge in [-0.1, -0.05) is 12.2 Å². The van der Waals surface area contributed by atoms with Gasteiger partial charge in [-0.05, 0) is 67.8 Å². The van der Waals surface area contributed by atoms with E-state index in [0.29, 0.717) is 12.1 Å². The van der Waals surface area contributed by atoms with Crippen LogP contribution in [0, 0.1) is 23.2 Å². The van der Waals surface area contributed by atoms with Gasteiger partial charge >= 0.3 is 0 Å². The van der Waals surface area contributed by atoms with E-state index in [0.717, 1.165) is 23.6 Å². The first-order valence-corrected chi connectivity index (χ1v) is 8.06. The zero-order valence-corrected chi connectivity index (χ0v) is 11.8. The number of allylic oxidation sites excluding steroid dienone is 4. The van der Waals surface area contributed by atoms with Crippen LogP contribution in [0.25, 0.3) is 0 Å². The molecule has 2 aliphatic heterocycles. The maximum Gasteiger partial charge on any atom is 0.160 e. The Hall–Kier alpha value is -1.38. The number of azo groups is 1. The molecule has 0 aromatic carbocycles. The highest BCUT2D eigenvalue weighted by atomic mass is 15.4. The second kappa shape index (κ2) is 3.84. The second-order valence-corrected chi connectivity index (χ2v) is 7.49. The summed E-state index contributed by atoms with van der Waals surface area (Å²) in [6.45, 7) is 0.698. The molecule has 2 heterocycles. The van der Waals surface area contributed by atoms with E-state index < -0.39 is 0 Å². The van der Waals surface area contributed by atoms with Crippen LogP contribution in [0.4, 0.5) is 0 Å². The predicted molar refractivity (Wildman–Crippen MR) is 77.5 cm³/mol. The van der Waals surface area contributed by atoms with Gasteiger partial charge < -0.3 is 4.90 Å². The minimum Gasteiger partial charge on any atom is -0.309 e. The molecule has 4 bridgehead atoms. The molecule has 0 amide bonds. The molecule has 4 fully saturated rings. The van der Waals surface area contributed by atoms with Gasteiger partial charge in [-0.15, -0.1) is 5.11 Å². The van der Waals surface area contributed by atoms with Crippen molar-refractivity contribution in [2.75, 3.05) is 6.67 Å². The van der Waals surface area contributed by atoms with Crippen molar-refractivity contribution < 1.29 is 0 Å². The molecule has 4 aliphatic carbocycles. The molecule has 0 atom stereocenters. The molecule has 0 unspecified atom stereocenters. The van der Waals surface area contributed by atoms with Crippen molar-refractivity contribution in [2.24, 2.45) is 33.4 Å². The Morgan fingerprint density at radius 2 is 1.70 bits per heavy atom. The lowest BCUT2D eigenvalue weighted by atomic mass is 9.47. The molecule has 104 valence electrons. The molecule has 0 N–H and O–H groups in total. The molecule has 0 aromatic rings. The fourth-order valence-corrected chi connectivity index (χ4v) is 5.85. The van der Waals surface area contributed by atoms with Crippen molar-refractivity contribution in [1.29, 1.82) is 0 Å². The summed E-state index contributed by atoms with van der Waals surface area (Å²) in [6.07, 6.45) is 17.5. The van der Waals surface area contributed by atoms with E-state index in [9.17, 15) is 0 Å². The maximum absolute atomic E-state index is 4.48. The van der Waals surface area contributed by atoms with Crippen molar-refractivity contribution in [3.05, 3.63) is 35.8 Å². The van der Waals surface area contributed by atoms with Gasteiger partial charge in [-0.2, -0.15) is 5.11 Å². The summed E-state index contributed by atoms with van der Waals surface area (Å²) in [4.78, 5) is 2.22. The van der Waals surface area contributed by atoms with Crippen LogP contribution in [-0.4, -0.2) is 11.6 Å². The van der Waals surface area contributed by atoms with E-state index in [1.807, 2.05) is 0 Å². The van der Waals surface area contributed by atoms with Crippen LogP contribution in [0.3, 0.4) is 0 Å². The zero-order chi connectivity index (χ0) is 13.2. The highest BCUT2D eigenvalue weighted by molar-refractivity contribution is 5.38. The van der Waals surface area contributed by atoms with Crippen LogP contribution in [0.15, 0.2) is 46.1 Å². The average Bonchev–Trinajstić information content (AvgIpc) is 2.76. The molecule has 0 aromatic heterocycles. The molecule has 3 nitrogen and oxygen atoms in total. The van der Waals surface area contributed by atoms with Gasteiger partial charge in [-0.3, -0.25) is 0 Å². The SMILES string of the molecule is C1=CC(C23CC4CC(CC(C4)C2)C3)=C2N=NCN2C=C1. The van der Waals surface area contributed by atoms with Gasteiger partial charge in [0.2, 0.25) is 0 Å². The van der Waals surface area contributed by atoms with Crippen molar-refractivity contribution in [3.8, 4) is 0 Å². The molecule has 0 radical (unpaired) electrons. The molecule has 6 rings (SSSR count). The lowest BCUT2D eigenvalue weighted by Crippen LogP contribution is -2.47. The molecule has 3 heteroatoms. The van der Waals surface area contributed by atoms with Crippen LogP contribution >= 0.6 is 0 Å². The fourth-order valence-electron chi connectivity index (χ4n) is 5.85. The zero-order valence-electron chi connectivity index (χ0n) is 11.8. The van der Waals surface area contributed by atoms with Gasteiger partial charge in [-0.25, -0.2) is 0 Å². The summed E-state index contributed by atoms with van der Waals surface area (Å²) in [5.41, 5.74) is 1.90. The predicted octanol–water partition coefficient (Wildman–Crippen LogP) is 4.22. The minimum atomic E-state index is 0.411. The largest absolute Gasteiger partial charge is 0.309 e. The number of hydrogen-bond donors (Lipinski definition) is 0. The van der Waals surface area contributed by atoms with Crippen LogP contribution in [0.1, 0.15) is 38.5 Å². The Labute approximate surface area is 120 Å². The van der Waals surface area contributed by atoms with E-state index in [-0.39, 0.29) is 0 Å². The van der Waals surface area contributed by atoms with Gasteiger partial charge in [0.05, 0.1) is 0 Å². The topological polar surface area (TPSA) is 28.0 Å². The molecule has 20 heavy (non-hydrogen) atoms. The first-order valence-electron chi connectivity index (χ1n) is 8.06. The number of rotatable bonds is 1. The third-order valence-electron chi connectivity index (χ3n) is 6.14. The van der Waals surface area contributed by atoms with E-state index in [1.54, 1.807) is 0 Å². The van der Waals surface area contributed by atoms with E-state index >= 15 is 0 Å². The quantitative estimate of drug-likeness (QED) is 0.699. The van der Waals surface area contributed by atoms with Gasteiger partial charge in [0.1, 0.15) is 6.67 Å². The van der Waals surface area contributed by atoms with Crippen LogP contribution in [0.2, 0.25) is 0 Å². The third-order valence-corrected chi connectivity index (χ3v) is 6.14. The summed E-state index contributed by atoms with van der Waals surface area (Å²) in [6, 6.07) is 0. The Bertz CT molecular complexity index is 531. The molecule has 6 aliphatic rings. The lowest BCUT2D eigenvalue weighted by molar-refractivity contribution is -0.0296. The van der Waals surface area contributed by atoms with Crippen LogP contribution in [0.5, 0.6) is 0 Å². The highest BCUT2D eigenvalue weighted by Crippen LogP contribution is 2.63. The summed E-state index contributed by atoms with van der Waals surface area (Å²) in [5.74, 6) is 4.07. The third kappa shape index (κ3) is 1.46. The highest BCUT2D eigenvalue weighted by Gasteiger charge is 2.53. The summed E-state index contributed by atoms with van der Waals surface area (Å²) >= 11 is 0. The lowest BCUT2D eigenvalue weighted by Gasteiger charge is -2.57. The standard InChI is InChI=1S/C17H21N3/c1-2-4-20-11-18-19-16(20)15(3-1)17-8-12-5-13(9-17)7-14(6-12)10-17/h1-4,12-14H,5-11H2. The molecule has 4 saturated carbocycles. The minimum absolute atomic E-state index is 0.411. The van der Waals surface area contributed by atoms with Crippen molar-refractivity contribution >= 4 is 0 Å². The van der Waals surface area contributed by atoms with Gasteiger partial charge in [0, 0.05) is 11.8 Å². The van der Waals surface area contributed by atoms with Crippen molar-refractivity contribution in [3.63, 3.8) is 0 Å². The Balaban J connectivity index is 1.63. The summed E-state index contributed by atoms with van der Waals surface area (Å²) in [7, 11) is 0. The number of nitrogens with zero attached hydrogens (tertiary/aromatic N) is 3. The normalized spacial score (nSPS) is 44.4. The Morgan fingerprint density at radius 1 is 1.00 bits per heavy atom. The van der Waals surface area contributed by atoms with E-state index in [1.165, 1.54) is 44.1 Å². The van der Waals surface area contributed by atoms with Gasteiger partial charge in [0.25, 0.3) is 0 Å². The summed E-state index contributed by atoms with van der Waals surface area (Å²) in [5, 5.41) is 8.74. The van der Waals surface area contributed by atoms with Crippen molar-refractivity contribution in [1.82, 2.24) is 4.90 Å².